The molecule has 1 saturated heterocycles. The van der Waals surface area contributed by atoms with Crippen molar-refractivity contribution < 1.29 is 14.3 Å². The Balaban J connectivity index is 1.12. The molecule has 1 fully saturated rings. The molecular weight excluding hydrogens is 432 g/mol. The molecule has 2 aromatic heterocycles. The minimum Gasteiger partial charge on any atom is -0.473 e. The number of carbonyl (C=O) groups excluding carboxylic acids is 1. The largest absolute Gasteiger partial charge is 0.473 e. The minimum atomic E-state index is -0.320. The monoisotopic (exact) mass is 458 g/mol. The number of piperazine rings is 1. The number of nitrogens with zero attached hydrogens (tertiary/aromatic N) is 6. The van der Waals surface area contributed by atoms with E-state index in [9.17, 15) is 4.79 Å². The van der Waals surface area contributed by atoms with E-state index in [0.29, 0.717) is 24.6 Å². The van der Waals surface area contributed by atoms with Gasteiger partial charge in [-0.1, -0.05) is 60.7 Å². The molecule has 2 aromatic carbocycles. The van der Waals surface area contributed by atoms with Gasteiger partial charge in [0.15, 0.2) is 5.65 Å². The van der Waals surface area contributed by atoms with E-state index < -0.39 is 0 Å². The molecule has 0 aliphatic carbocycles. The predicted octanol–water partition coefficient (Wildman–Crippen LogP) is 3.05. The van der Waals surface area contributed by atoms with Gasteiger partial charge in [0.25, 0.3) is 0 Å². The van der Waals surface area contributed by atoms with Crippen molar-refractivity contribution >= 4 is 11.7 Å². The van der Waals surface area contributed by atoms with Gasteiger partial charge in [-0.25, -0.2) is 9.78 Å². The minimum absolute atomic E-state index is 0.146. The number of ether oxygens (including phenoxy) is 2. The highest BCUT2D eigenvalue weighted by atomic mass is 16.6. The Morgan fingerprint density at radius 3 is 2.21 bits per heavy atom. The summed E-state index contributed by atoms with van der Waals surface area (Å²) in [5.41, 5.74) is 3.14. The van der Waals surface area contributed by atoms with E-state index in [2.05, 4.69) is 68.6 Å². The highest BCUT2D eigenvalue weighted by Gasteiger charge is 2.28. The maximum Gasteiger partial charge on any atom is 0.409 e. The number of carbonyl (C=O) groups is 1. The van der Waals surface area contributed by atoms with Gasteiger partial charge in [-0.05, 0) is 17.2 Å². The maximum absolute atomic E-state index is 12.6. The van der Waals surface area contributed by atoms with E-state index in [1.165, 1.54) is 22.1 Å². The number of aromatic nitrogens is 4. The lowest BCUT2D eigenvalue weighted by Gasteiger charge is -2.39. The first-order valence-electron chi connectivity index (χ1n) is 11.3. The van der Waals surface area contributed by atoms with Crippen LogP contribution in [-0.2, 0) is 4.74 Å². The Bertz CT molecular complexity index is 1170. The molecule has 174 valence electrons. The first-order chi connectivity index (χ1) is 16.8. The van der Waals surface area contributed by atoms with E-state index in [1.54, 1.807) is 17.0 Å². The molecule has 3 heterocycles. The van der Waals surface area contributed by atoms with Crippen molar-refractivity contribution in [3.05, 3.63) is 90.3 Å². The zero-order chi connectivity index (χ0) is 23.2. The van der Waals surface area contributed by atoms with Crippen molar-refractivity contribution in [2.45, 2.75) is 6.04 Å². The van der Waals surface area contributed by atoms with E-state index >= 15 is 0 Å². The normalized spacial score (nSPS) is 14.4. The Hall–Kier alpha value is -3.98. The first kappa shape index (κ1) is 21.8. The summed E-state index contributed by atoms with van der Waals surface area (Å²) in [6, 6.07) is 24.6. The van der Waals surface area contributed by atoms with Crippen LogP contribution in [-0.4, -0.2) is 75.1 Å². The summed E-state index contributed by atoms with van der Waals surface area (Å²) in [6.07, 6.45) is 1.11. The molecule has 0 atom stereocenters. The fourth-order valence-electron chi connectivity index (χ4n) is 4.19. The second-order valence-corrected chi connectivity index (χ2v) is 7.99. The van der Waals surface area contributed by atoms with Gasteiger partial charge >= 0.3 is 6.09 Å². The summed E-state index contributed by atoms with van der Waals surface area (Å²) in [6.45, 7) is 3.11. The number of fused-ring (bicyclic) bond motifs is 1. The average Bonchev–Trinajstić information content (AvgIpc) is 3.36. The Morgan fingerprint density at radius 1 is 0.853 bits per heavy atom. The highest BCUT2D eigenvalue weighted by molar-refractivity contribution is 5.67. The van der Waals surface area contributed by atoms with Crippen LogP contribution in [0, 0.1) is 0 Å². The SMILES string of the molecule is O=C(OCCOc1ccc2ncnn2n1)N1CCN(C(c2ccccc2)c2ccccc2)CC1. The summed E-state index contributed by atoms with van der Waals surface area (Å²) >= 11 is 0. The third-order valence-electron chi connectivity index (χ3n) is 5.85. The van der Waals surface area contributed by atoms with E-state index in [0.717, 1.165) is 13.1 Å². The number of rotatable bonds is 7. The highest BCUT2D eigenvalue weighted by Crippen LogP contribution is 2.29. The lowest BCUT2D eigenvalue weighted by Crippen LogP contribution is -2.50. The quantitative estimate of drug-likeness (QED) is 0.394. The number of hydrogen-bond donors (Lipinski definition) is 0. The van der Waals surface area contributed by atoms with Gasteiger partial charge in [-0.15, -0.1) is 14.8 Å². The van der Waals surface area contributed by atoms with Crippen LogP contribution in [0.4, 0.5) is 4.79 Å². The molecule has 0 bridgehead atoms. The fraction of sp³-hybridized carbons (Fsp3) is 0.280. The van der Waals surface area contributed by atoms with Gasteiger partial charge in [0.2, 0.25) is 5.88 Å². The second kappa shape index (κ2) is 10.3. The number of amides is 1. The molecule has 34 heavy (non-hydrogen) atoms. The Morgan fingerprint density at radius 2 is 1.53 bits per heavy atom. The van der Waals surface area contributed by atoms with Crippen LogP contribution in [0.25, 0.3) is 5.65 Å². The maximum atomic E-state index is 12.6. The molecular formula is C25H26N6O3. The molecule has 0 N–H and O–H groups in total. The van der Waals surface area contributed by atoms with Crippen LogP contribution in [0.15, 0.2) is 79.1 Å². The summed E-state index contributed by atoms with van der Waals surface area (Å²) < 4.78 is 12.4. The molecule has 1 aliphatic heterocycles. The van der Waals surface area contributed by atoms with Gasteiger partial charge in [-0.2, -0.15) is 0 Å². The van der Waals surface area contributed by atoms with Crippen molar-refractivity contribution in [3.63, 3.8) is 0 Å². The van der Waals surface area contributed by atoms with Crippen LogP contribution >= 0.6 is 0 Å². The zero-order valence-corrected chi connectivity index (χ0v) is 18.7. The van der Waals surface area contributed by atoms with Gasteiger partial charge in [0.1, 0.15) is 19.5 Å². The van der Waals surface area contributed by atoms with Crippen molar-refractivity contribution in [3.8, 4) is 5.88 Å². The van der Waals surface area contributed by atoms with Crippen LogP contribution in [0.1, 0.15) is 17.2 Å². The molecule has 1 aliphatic rings. The summed E-state index contributed by atoms with van der Waals surface area (Å²) in [5.74, 6) is 0.399. The lowest BCUT2D eigenvalue weighted by atomic mass is 9.96. The Labute approximate surface area is 197 Å². The molecule has 5 rings (SSSR count). The lowest BCUT2D eigenvalue weighted by molar-refractivity contribution is 0.0603. The molecule has 9 nitrogen and oxygen atoms in total. The second-order valence-electron chi connectivity index (χ2n) is 7.99. The topological polar surface area (TPSA) is 85.1 Å². The van der Waals surface area contributed by atoms with Gasteiger partial charge < -0.3 is 14.4 Å². The molecule has 4 aromatic rings. The molecule has 0 spiro atoms. The standard InChI is InChI=1S/C25H26N6O3/c32-25(34-18-17-33-23-12-11-22-26-19-27-31(22)28-23)30-15-13-29(14-16-30)24(20-7-3-1-4-8-20)21-9-5-2-6-10-21/h1-12,19,24H,13-18H2. The van der Waals surface area contributed by atoms with Crippen molar-refractivity contribution in [2.75, 3.05) is 39.4 Å². The van der Waals surface area contributed by atoms with Crippen molar-refractivity contribution in [1.29, 1.82) is 0 Å². The fourth-order valence-corrected chi connectivity index (χ4v) is 4.19. The van der Waals surface area contributed by atoms with Crippen molar-refractivity contribution in [2.24, 2.45) is 0 Å². The van der Waals surface area contributed by atoms with Crippen LogP contribution < -0.4 is 4.74 Å². The van der Waals surface area contributed by atoms with Crippen LogP contribution in [0.3, 0.4) is 0 Å². The summed E-state index contributed by atoms with van der Waals surface area (Å²) in [7, 11) is 0. The van der Waals surface area contributed by atoms with E-state index in [-0.39, 0.29) is 25.3 Å². The Kier molecular flexibility index (Phi) is 6.62. The van der Waals surface area contributed by atoms with Gasteiger partial charge in [0, 0.05) is 32.2 Å². The van der Waals surface area contributed by atoms with E-state index in [4.69, 9.17) is 9.47 Å². The molecule has 9 heteroatoms. The van der Waals surface area contributed by atoms with E-state index in [1.807, 2.05) is 12.1 Å². The molecule has 1 amide bonds. The third kappa shape index (κ3) is 4.99. The first-order valence-corrected chi connectivity index (χ1v) is 11.3. The third-order valence-corrected chi connectivity index (χ3v) is 5.85. The summed E-state index contributed by atoms with van der Waals surface area (Å²) in [4.78, 5) is 20.8. The van der Waals surface area contributed by atoms with Crippen LogP contribution in [0.2, 0.25) is 0 Å². The van der Waals surface area contributed by atoms with Gasteiger partial charge in [0.05, 0.1) is 6.04 Å². The van der Waals surface area contributed by atoms with Crippen molar-refractivity contribution in [1.82, 2.24) is 29.6 Å². The predicted molar refractivity (Wildman–Crippen MR) is 125 cm³/mol. The number of benzene rings is 2. The zero-order valence-electron chi connectivity index (χ0n) is 18.7. The smallest absolute Gasteiger partial charge is 0.409 e. The molecule has 0 unspecified atom stereocenters. The summed E-state index contributed by atoms with van der Waals surface area (Å²) in [5, 5.41) is 8.15. The molecule has 0 saturated carbocycles. The number of hydrogen-bond acceptors (Lipinski definition) is 7. The van der Waals surface area contributed by atoms with Gasteiger partial charge in [-0.3, -0.25) is 4.90 Å². The van der Waals surface area contributed by atoms with Crippen LogP contribution in [0.5, 0.6) is 5.88 Å². The average molecular weight is 459 g/mol. The molecule has 0 radical (unpaired) electrons.